The Bertz CT molecular complexity index is 297. The third-order valence-electron chi connectivity index (χ3n) is 2.65. The van der Waals surface area contributed by atoms with E-state index in [0.29, 0.717) is 6.54 Å². The molecule has 88 valence electrons. The lowest BCUT2D eigenvalue weighted by atomic mass is 10.2. The number of hydrogen-bond acceptors (Lipinski definition) is 2. The minimum atomic E-state index is 0.652. The summed E-state index contributed by atoms with van der Waals surface area (Å²) in [6.45, 7) is 9.93. The van der Waals surface area contributed by atoms with Gasteiger partial charge in [-0.05, 0) is 31.3 Å². The van der Waals surface area contributed by atoms with Crippen molar-refractivity contribution in [2.45, 2.75) is 6.42 Å². The summed E-state index contributed by atoms with van der Waals surface area (Å²) in [7, 11) is 2.82. The first kappa shape index (κ1) is 13.1. The van der Waals surface area contributed by atoms with E-state index < -0.39 is 0 Å². The smallest absolute Gasteiger partial charge is 0.125 e. The SMILES string of the molecule is C=CCN=C(/C=C\N=C)N1CCC(CP)C1. The normalized spacial score (nSPS) is 21.7. The molecule has 0 aromatic rings. The van der Waals surface area contributed by atoms with Crippen molar-refractivity contribution in [3.05, 3.63) is 24.9 Å². The van der Waals surface area contributed by atoms with Gasteiger partial charge in [-0.1, -0.05) is 6.08 Å². The molecular formula is C12H20N3P. The van der Waals surface area contributed by atoms with Gasteiger partial charge in [-0.2, -0.15) is 0 Å². The van der Waals surface area contributed by atoms with Crippen LogP contribution in [0.25, 0.3) is 0 Å². The van der Waals surface area contributed by atoms with Crippen molar-refractivity contribution in [1.82, 2.24) is 4.90 Å². The standard InChI is InChI=1S/C12H20N3P/c1-3-6-14-12(4-7-13-2)15-8-5-11(9-15)10-16/h3-4,7,11H,1-2,5-6,8-10,16H2/b7-4-,14-12?. The summed E-state index contributed by atoms with van der Waals surface area (Å²) in [5, 5.41) is 0. The third-order valence-corrected chi connectivity index (χ3v) is 3.32. The summed E-state index contributed by atoms with van der Waals surface area (Å²) in [6, 6.07) is 0. The quantitative estimate of drug-likeness (QED) is 0.311. The highest BCUT2D eigenvalue weighted by Gasteiger charge is 2.22. The van der Waals surface area contributed by atoms with Crippen LogP contribution in [-0.4, -0.2) is 43.2 Å². The van der Waals surface area contributed by atoms with Crippen molar-refractivity contribution in [2.24, 2.45) is 15.9 Å². The van der Waals surface area contributed by atoms with Crippen molar-refractivity contribution < 1.29 is 0 Å². The zero-order chi connectivity index (χ0) is 11.8. The van der Waals surface area contributed by atoms with E-state index in [1.165, 1.54) is 6.42 Å². The van der Waals surface area contributed by atoms with Crippen LogP contribution in [0.4, 0.5) is 0 Å². The van der Waals surface area contributed by atoms with Crippen molar-refractivity contribution in [2.75, 3.05) is 25.8 Å². The maximum absolute atomic E-state index is 4.47. The molecule has 0 radical (unpaired) electrons. The summed E-state index contributed by atoms with van der Waals surface area (Å²) in [5.74, 6) is 1.76. The van der Waals surface area contributed by atoms with Crippen LogP contribution in [0.5, 0.6) is 0 Å². The molecule has 3 nitrogen and oxygen atoms in total. The average molecular weight is 237 g/mol. The molecule has 2 atom stereocenters. The van der Waals surface area contributed by atoms with E-state index in [-0.39, 0.29) is 0 Å². The summed E-state index contributed by atoms with van der Waals surface area (Å²) in [4.78, 5) is 10.5. The second-order valence-corrected chi connectivity index (χ2v) is 4.29. The van der Waals surface area contributed by atoms with E-state index in [9.17, 15) is 0 Å². The molecule has 0 aromatic heterocycles. The summed E-state index contributed by atoms with van der Waals surface area (Å²) >= 11 is 0. The van der Waals surface area contributed by atoms with Gasteiger partial charge >= 0.3 is 0 Å². The predicted molar refractivity (Wildman–Crippen MR) is 75.4 cm³/mol. The first-order chi connectivity index (χ1) is 7.81. The summed E-state index contributed by atoms with van der Waals surface area (Å²) in [5.41, 5.74) is 0. The lowest BCUT2D eigenvalue weighted by Gasteiger charge is -2.18. The molecule has 0 amide bonds. The van der Waals surface area contributed by atoms with Crippen molar-refractivity contribution in [1.29, 1.82) is 0 Å². The molecule has 1 fully saturated rings. The molecule has 4 heteroatoms. The number of amidine groups is 1. The fraction of sp³-hybridized carbons (Fsp3) is 0.500. The van der Waals surface area contributed by atoms with Gasteiger partial charge in [-0.25, -0.2) is 0 Å². The lowest BCUT2D eigenvalue weighted by molar-refractivity contribution is 0.497. The van der Waals surface area contributed by atoms with Crippen LogP contribution < -0.4 is 0 Å². The van der Waals surface area contributed by atoms with E-state index in [0.717, 1.165) is 31.0 Å². The molecule has 0 N–H and O–H groups in total. The molecule has 1 heterocycles. The highest BCUT2D eigenvalue weighted by Crippen LogP contribution is 2.18. The second-order valence-electron chi connectivity index (χ2n) is 3.82. The number of hydrogen-bond donors (Lipinski definition) is 0. The number of nitrogens with zero attached hydrogens (tertiary/aromatic N) is 3. The Morgan fingerprint density at radius 1 is 1.56 bits per heavy atom. The van der Waals surface area contributed by atoms with Gasteiger partial charge in [0.25, 0.3) is 0 Å². The van der Waals surface area contributed by atoms with Crippen LogP contribution in [0.1, 0.15) is 6.42 Å². The zero-order valence-corrected chi connectivity index (χ0v) is 10.8. The zero-order valence-electron chi connectivity index (χ0n) is 9.68. The molecule has 0 saturated carbocycles. The van der Waals surface area contributed by atoms with Crippen molar-refractivity contribution in [3.63, 3.8) is 0 Å². The number of aliphatic imine (C=N–C) groups is 2. The Labute approximate surface area is 100 Å². The maximum atomic E-state index is 4.47. The monoisotopic (exact) mass is 237 g/mol. The summed E-state index contributed by atoms with van der Waals surface area (Å²) in [6.07, 6.45) is 7.82. The van der Waals surface area contributed by atoms with Gasteiger partial charge in [0.1, 0.15) is 5.84 Å². The highest BCUT2D eigenvalue weighted by molar-refractivity contribution is 7.16. The van der Waals surface area contributed by atoms with Gasteiger partial charge in [0.15, 0.2) is 0 Å². The van der Waals surface area contributed by atoms with E-state index >= 15 is 0 Å². The molecule has 0 aromatic carbocycles. The minimum absolute atomic E-state index is 0.652. The van der Waals surface area contributed by atoms with Crippen molar-refractivity contribution in [3.8, 4) is 0 Å². The molecule has 0 bridgehead atoms. The second kappa shape index (κ2) is 7.34. The first-order valence-electron chi connectivity index (χ1n) is 5.54. The Kier molecular flexibility index (Phi) is 6.02. The summed E-state index contributed by atoms with van der Waals surface area (Å²) < 4.78 is 0. The molecule has 0 aliphatic carbocycles. The van der Waals surface area contributed by atoms with E-state index in [2.05, 4.69) is 37.4 Å². The predicted octanol–water partition coefficient (Wildman–Crippen LogP) is 1.98. The third kappa shape index (κ3) is 3.90. The van der Waals surface area contributed by atoms with Gasteiger partial charge in [0, 0.05) is 19.3 Å². The van der Waals surface area contributed by atoms with Crippen LogP contribution in [0, 0.1) is 5.92 Å². The molecule has 0 spiro atoms. The Morgan fingerprint density at radius 2 is 2.38 bits per heavy atom. The largest absolute Gasteiger partial charge is 0.357 e. The molecule has 2 unspecified atom stereocenters. The van der Waals surface area contributed by atoms with Crippen LogP contribution >= 0.6 is 9.24 Å². The van der Waals surface area contributed by atoms with Gasteiger partial charge in [-0.3, -0.25) is 9.98 Å². The topological polar surface area (TPSA) is 28.0 Å². The maximum Gasteiger partial charge on any atom is 0.125 e. The van der Waals surface area contributed by atoms with Crippen LogP contribution in [0.2, 0.25) is 0 Å². The molecule has 1 aliphatic heterocycles. The Morgan fingerprint density at radius 3 is 2.94 bits per heavy atom. The van der Waals surface area contributed by atoms with Gasteiger partial charge in [0.2, 0.25) is 0 Å². The average Bonchev–Trinajstić information content (AvgIpc) is 2.78. The van der Waals surface area contributed by atoms with E-state index in [1.807, 2.05) is 6.08 Å². The van der Waals surface area contributed by atoms with Crippen molar-refractivity contribution >= 4 is 21.8 Å². The number of likely N-dealkylation sites (tertiary alicyclic amines) is 1. The fourth-order valence-electron chi connectivity index (χ4n) is 1.77. The molecule has 1 rings (SSSR count). The highest BCUT2D eigenvalue weighted by atomic mass is 31.0. The molecule has 1 saturated heterocycles. The number of rotatable bonds is 5. The Balaban J connectivity index is 2.65. The van der Waals surface area contributed by atoms with Gasteiger partial charge in [-0.15, -0.1) is 15.8 Å². The minimum Gasteiger partial charge on any atom is -0.357 e. The van der Waals surface area contributed by atoms with E-state index in [4.69, 9.17) is 0 Å². The molecular weight excluding hydrogens is 217 g/mol. The van der Waals surface area contributed by atoms with E-state index in [1.54, 1.807) is 12.3 Å². The lowest BCUT2D eigenvalue weighted by Crippen LogP contribution is -2.27. The van der Waals surface area contributed by atoms with Gasteiger partial charge in [0.05, 0.1) is 6.54 Å². The fourth-order valence-corrected chi connectivity index (χ4v) is 2.15. The molecule has 16 heavy (non-hydrogen) atoms. The van der Waals surface area contributed by atoms with Crippen LogP contribution in [0.15, 0.2) is 34.9 Å². The van der Waals surface area contributed by atoms with Gasteiger partial charge < -0.3 is 4.90 Å². The molecule has 1 aliphatic rings. The first-order valence-corrected chi connectivity index (χ1v) is 6.36. The Hall–Kier alpha value is -0.950. The van der Waals surface area contributed by atoms with Crippen LogP contribution in [0.3, 0.4) is 0 Å². The van der Waals surface area contributed by atoms with Crippen LogP contribution in [-0.2, 0) is 0 Å².